The predicted octanol–water partition coefficient (Wildman–Crippen LogP) is 2.91. The Labute approximate surface area is 136 Å². The van der Waals surface area contributed by atoms with E-state index in [4.69, 9.17) is 11.6 Å². The van der Waals surface area contributed by atoms with E-state index in [0.717, 1.165) is 11.4 Å². The van der Waals surface area contributed by atoms with E-state index in [1.165, 1.54) is 12.1 Å². The highest BCUT2D eigenvalue weighted by atomic mass is 35.5. The number of aryl methyl sites for hydroxylation is 2. The van der Waals surface area contributed by atoms with Gasteiger partial charge >= 0.3 is 0 Å². The summed E-state index contributed by atoms with van der Waals surface area (Å²) < 4.78 is 1.85. The summed E-state index contributed by atoms with van der Waals surface area (Å²) >= 11 is 6.06. The molecule has 8 nitrogen and oxygen atoms in total. The van der Waals surface area contributed by atoms with Gasteiger partial charge < -0.3 is 5.32 Å². The summed E-state index contributed by atoms with van der Waals surface area (Å²) in [6.07, 6.45) is 0. The molecular weight excluding hydrogens is 320 g/mol. The van der Waals surface area contributed by atoms with E-state index < -0.39 is 4.92 Å². The minimum absolute atomic E-state index is 0.0519. The molecular formula is C14H13ClN6O2. The van der Waals surface area contributed by atoms with E-state index in [0.29, 0.717) is 23.8 Å². The average Bonchev–Trinajstić information content (AvgIpc) is 2.89. The molecule has 0 saturated heterocycles. The summed E-state index contributed by atoms with van der Waals surface area (Å²) in [5.74, 6) is 1.22. The second-order valence-electron chi connectivity index (χ2n) is 5.07. The SMILES string of the molecule is Cc1cc(C)n2c(CNc3ccc([N+](=O)[O-])cc3Cl)nnc2n1. The number of non-ortho nitro benzene ring substituents is 1. The first kappa shape index (κ1) is 15.2. The summed E-state index contributed by atoms with van der Waals surface area (Å²) in [7, 11) is 0. The lowest BCUT2D eigenvalue weighted by atomic mass is 10.3. The number of nitrogens with one attached hydrogen (secondary N) is 1. The lowest BCUT2D eigenvalue weighted by Gasteiger charge is -2.08. The van der Waals surface area contributed by atoms with Gasteiger partial charge in [-0.1, -0.05) is 11.6 Å². The number of hydrogen-bond acceptors (Lipinski definition) is 6. The molecule has 0 aliphatic carbocycles. The van der Waals surface area contributed by atoms with Crippen molar-refractivity contribution in [2.24, 2.45) is 0 Å². The highest BCUT2D eigenvalue weighted by Gasteiger charge is 2.12. The number of benzene rings is 1. The van der Waals surface area contributed by atoms with Crippen molar-refractivity contribution in [2.75, 3.05) is 5.32 Å². The number of fused-ring (bicyclic) bond motifs is 1. The van der Waals surface area contributed by atoms with Crippen molar-refractivity contribution >= 4 is 28.8 Å². The van der Waals surface area contributed by atoms with Crippen LogP contribution in [0.25, 0.3) is 5.78 Å². The minimum atomic E-state index is -0.487. The van der Waals surface area contributed by atoms with Crippen LogP contribution in [0.5, 0.6) is 0 Å². The smallest absolute Gasteiger partial charge is 0.271 e. The molecule has 0 aliphatic heterocycles. The van der Waals surface area contributed by atoms with Gasteiger partial charge in [-0.25, -0.2) is 4.98 Å². The number of nitro benzene ring substituents is 1. The van der Waals surface area contributed by atoms with Gasteiger partial charge in [0.25, 0.3) is 11.5 Å². The zero-order chi connectivity index (χ0) is 16.6. The van der Waals surface area contributed by atoms with Crippen LogP contribution < -0.4 is 5.32 Å². The summed E-state index contributed by atoms with van der Waals surface area (Å²) in [4.78, 5) is 14.6. The number of rotatable bonds is 4. The fourth-order valence-electron chi connectivity index (χ4n) is 2.35. The zero-order valence-electron chi connectivity index (χ0n) is 12.4. The molecule has 0 spiro atoms. The summed E-state index contributed by atoms with van der Waals surface area (Å²) in [6, 6.07) is 6.21. The molecule has 118 valence electrons. The maximum absolute atomic E-state index is 10.7. The fraction of sp³-hybridized carbons (Fsp3) is 0.214. The predicted molar refractivity (Wildman–Crippen MR) is 85.7 cm³/mol. The topological polar surface area (TPSA) is 98.2 Å². The van der Waals surface area contributed by atoms with Crippen molar-refractivity contribution in [1.82, 2.24) is 19.6 Å². The van der Waals surface area contributed by atoms with Crippen molar-refractivity contribution in [2.45, 2.75) is 20.4 Å². The fourth-order valence-corrected chi connectivity index (χ4v) is 2.59. The van der Waals surface area contributed by atoms with Crippen molar-refractivity contribution in [3.8, 4) is 0 Å². The van der Waals surface area contributed by atoms with E-state index in [9.17, 15) is 10.1 Å². The summed E-state index contributed by atoms with van der Waals surface area (Å²) in [6.45, 7) is 4.22. The third-order valence-electron chi connectivity index (χ3n) is 3.36. The second kappa shape index (κ2) is 5.81. The van der Waals surface area contributed by atoms with Crippen LogP contribution in [0, 0.1) is 24.0 Å². The molecule has 2 aromatic heterocycles. The van der Waals surface area contributed by atoms with Crippen LogP contribution in [-0.2, 0) is 6.54 Å². The first-order chi connectivity index (χ1) is 11.0. The van der Waals surface area contributed by atoms with Crippen molar-refractivity contribution in [3.63, 3.8) is 0 Å². The quantitative estimate of drug-likeness (QED) is 0.582. The number of hydrogen-bond donors (Lipinski definition) is 1. The molecule has 0 fully saturated rings. The second-order valence-corrected chi connectivity index (χ2v) is 5.47. The van der Waals surface area contributed by atoms with E-state index >= 15 is 0 Å². The Bertz CT molecular complexity index is 908. The van der Waals surface area contributed by atoms with Crippen LogP contribution >= 0.6 is 11.6 Å². The molecule has 0 radical (unpaired) electrons. The molecule has 3 rings (SSSR count). The normalized spacial score (nSPS) is 10.9. The Kier molecular flexibility index (Phi) is 3.83. The Morgan fingerprint density at radius 3 is 2.78 bits per heavy atom. The van der Waals surface area contributed by atoms with Crippen LogP contribution in [0.15, 0.2) is 24.3 Å². The van der Waals surface area contributed by atoms with Crippen LogP contribution in [-0.4, -0.2) is 24.5 Å². The standard InChI is InChI=1S/C14H13ClN6O2/c1-8-5-9(2)20-13(18-19-14(20)17-8)7-16-12-4-3-10(21(22)23)6-11(12)15/h3-6,16H,7H2,1-2H3. The van der Waals surface area contributed by atoms with Gasteiger partial charge in [0.1, 0.15) is 0 Å². The van der Waals surface area contributed by atoms with Gasteiger partial charge in [-0.15, -0.1) is 10.2 Å². The Balaban J connectivity index is 1.85. The van der Waals surface area contributed by atoms with Crippen LogP contribution in [0.2, 0.25) is 5.02 Å². The highest BCUT2D eigenvalue weighted by Crippen LogP contribution is 2.27. The highest BCUT2D eigenvalue weighted by molar-refractivity contribution is 6.33. The first-order valence-corrected chi connectivity index (χ1v) is 7.19. The minimum Gasteiger partial charge on any atom is -0.377 e. The van der Waals surface area contributed by atoms with Gasteiger partial charge in [0, 0.05) is 23.5 Å². The van der Waals surface area contributed by atoms with E-state index in [2.05, 4.69) is 20.5 Å². The van der Waals surface area contributed by atoms with Crippen LogP contribution in [0.4, 0.5) is 11.4 Å². The van der Waals surface area contributed by atoms with E-state index in [1.807, 2.05) is 24.3 Å². The maximum Gasteiger partial charge on any atom is 0.271 e. The summed E-state index contributed by atoms with van der Waals surface area (Å²) in [5.41, 5.74) is 2.39. The zero-order valence-corrected chi connectivity index (χ0v) is 13.2. The molecule has 0 amide bonds. The van der Waals surface area contributed by atoms with Gasteiger partial charge in [-0.3, -0.25) is 14.5 Å². The van der Waals surface area contributed by atoms with Crippen LogP contribution in [0.1, 0.15) is 17.2 Å². The number of anilines is 1. The van der Waals surface area contributed by atoms with Gasteiger partial charge in [0.05, 0.1) is 22.2 Å². The number of aromatic nitrogens is 4. The van der Waals surface area contributed by atoms with Crippen molar-refractivity contribution in [1.29, 1.82) is 0 Å². The maximum atomic E-state index is 10.7. The molecule has 1 aromatic carbocycles. The van der Waals surface area contributed by atoms with Crippen molar-refractivity contribution in [3.05, 3.63) is 56.6 Å². The van der Waals surface area contributed by atoms with Gasteiger partial charge in [-0.2, -0.15) is 0 Å². The molecule has 0 saturated carbocycles. The van der Waals surface area contributed by atoms with Gasteiger partial charge in [0.2, 0.25) is 0 Å². The van der Waals surface area contributed by atoms with Gasteiger partial charge in [-0.05, 0) is 26.0 Å². The van der Waals surface area contributed by atoms with Crippen LogP contribution in [0.3, 0.4) is 0 Å². The molecule has 2 heterocycles. The average molecular weight is 333 g/mol. The third kappa shape index (κ3) is 2.93. The Morgan fingerprint density at radius 2 is 2.09 bits per heavy atom. The molecule has 23 heavy (non-hydrogen) atoms. The molecule has 1 N–H and O–H groups in total. The molecule has 9 heteroatoms. The molecule has 0 unspecified atom stereocenters. The van der Waals surface area contributed by atoms with E-state index in [-0.39, 0.29) is 10.7 Å². The Hall–Kier alpha value is -2.74. The largest absolute Gasteiger partial charge is 0.377 e. The molecule has 0 atom stereocenters. The number of nitrogens with zero attached hydrogens (tertiary/aromatic N) is 5. The molecule has 3 aromatic rings. The van der Waals surface area contributed by atoms with E-state index in [1.54, 1.807) is 6.07 Å². The molecule has 0 bridgehead atoms. The first-order valence-electron chi connectivity index (χ1n) is 6.82. The lowest BCUT2D eigenvalue weighted by molar-refractivity contribution is -0.384. The number of nitro groups is 1. The lowest BCUT2D eigenvalue weighted by Crippen LogP contribution is -2.07. The number of halogens is 1. The monoisotopic (exact) mass is 332 g/mol. The van der Waals surface area contributed by atoms with Gasteiger partial charge in [0.15, 0.2) is 5.82 Å². The third-order valence-corrected chi connectivity index (χ3v) is 3.67. The summed E-state index contributed by atoms with van der Waals surface area (Å²) in [5, 5.41) is 22.3. The van der Waals surface area contributed by atoms with Crippen molar-refractivity contribution < 1.29 is 4.92 Å². The Morgan fingerprint density at radius 1 is 1.30 bits per heavy atom. The molecule has 0 aliphatic rings.